The molecule has 5 nitrogen and oxygen atoms in total. The van der Waals surface area contributed by atoms with Crippen LogP contribution in [0.15, 0.2) is 35.4 Å². The van der Waals surface area contributed by atoms with E-state index in [1.807, 2.05) is 6.07 Å². The Labute approximate surface area is 155 Å². The molecule has 26 heavy (non-hydrogen) atoms. The number of rotatable bonds is 4. The van der Waals surface area contributed by atoms with E-state index in [9.17, 15) is 9.59 Å². The lowest BCUT2D eigenvalue weighted by atomic mass is 9.89. The van der Waals surface area contributed by atoms with Gasteiger partial charge in [-0.3, -0.25) is 14.2 Å². The normalized spacial score (nSPS) is 16.5. The van der Waals surface area contributed by atoms with E-state index in [0.29, 0.717) is 22.6 Å². The Morgan fingerprint density at radius 2 is 2.19 bits per heavy atom. The molecule has 1 aromatic carbocycles. The Balaban J connectivity index is 1.73. The van der Waals surface area contributed by atoms with Gasteiger partial charge in [0.05, 0.1) is 30.9 Å². The maximum absolute atomic E-state index is 13.0. The van der Waals surface area contributed by atoms with Gasteiger partial charge in [0.2, 0.25) is 0 Å². The molecule has 0 bridgehead atoms. The van der Waals surface area contributed by atoms with Crippen molar-refractivity contribution < 1.29 is 9.53 Å². The average Bonchev–Trinajstić information content (AvgIpc) is 3.02. The Morgan fingerprint density at radius 1 is 1.38 bits per heavy atom. The van der Waals surface area contributed by atoms with Crippen LogP contribution in [0, 0.1) is 5.92 Å². The molecule has 1 aliphatic rings. The second-order valence-corrected chi connectivity index (χ2v) is 7.92. The monoisotopic (exact) mass is 368 g/mol. The zero-order chi connectivity index (χ0) is 18.3. The molecule has 6 heteroatoms. The van der Waals surface area contributed by atoms with Crippen LogP contribution in [-0.4, -0.2) is 22.4 Å². The van der Waals surface area contributed by atoms with Crippen molar-refractivity contribution >= 4 is 27.3 Å². The quantitative estimate of drug-likeness (QED) is 0.662. The largest absolute Gasteiger partial charge is 0.496 e. The zero-order valence-electron chi connectivity index (χ0n) is 14.8. The number of hydrogen-bond acceptors (Lipinski definition) is 5. The minimum Gasteiger partial charge on any atom is -0.496 e. The van der Waals surface area contributed by atoms with Crippen LogP contribution in [0.2, 0.25) is 0 Å². The Kier molecular flexibility index (Phi) is 4.36. The Morgan fingerprint density at radius 3 is 3.00 bits per heavy atom. The minimum atomic E-state index is -0.164. The molecular weight excluding hydrogens is 348 g/mol. The first kappa shape index (κ1) is 17.0. The summed E-state index contributed by atoms with van der Waals surface area (Å²) in [7, 11) is 1.53. The van der Waals surface area contributed by atoms with Gasteiger partial charge in [0.15, 0.2) is 5.78 Å². The number of carbonyl (C=O) groups is 1. The average molecular weight is 368 g/mol. The molecule has 0 saturated carbocycles. The third-order valence-corrected chi connectivity index (χ3v) is 6.17. The van der Waals surface area contributed by atoms with Crippen LogP contribution in [0.1, 0.15) is 34.1 Å². The number of carbonyl (C=O) groups excluding carboxylic acids is 1. The molecule has 1 atom stereocenters. The smallest absolute Gasteiger partial charge is 0.262 e. The molecule has 4 rings (SSSR count). The van der Waals surface area contributed by atoms with Crippen LogP contribution < -0.4 is 10.3 Å². The number of ketones is 1. The number of Topliss-reactive ketones (excluding diaryl/α,β-unsaturated/α-hetero) is 1. The first-order valence-electron chi connectivity index (χ1n) is 8.74. The number of thiophene rings is 1. The van der Waals surface area contributed by atoms with Gasteiger partial charge < -0.3 is 4.74 Å². The summed E-state index contributed by atoms with van der Waals surface area (Å²) in [5.41, 5.74) is 1.49. The van der Waals surface area contributed by atoms with Gasteiger partial charge in [-0.25, -0.2) is 4.98 Å². The number of nitrogens with zero attached hydrogens (tertiary/aromatic N) is 2. The summed E-state index contributed by atoms with van der Waals surface area (Å²) in [6, 6.07) is 7.06. The van der Waals surface area contributed by atoms with Crippen molar-refractivity contribution in [1.82, 2.24) is 9.55 Å². The van der Waals surface area contributed by atoms with E-state index in [1.165, 1.54) is 22.9 Å². The maximum atomic E-state index is 13.0. The van der Waals surface area contributed by atoms with Crippen molar-refractivity contribution in [3.05, 3.63) is 57.0 Å². The number of benzene rings is 1. The van der Waals surface area contributed by atoms with E-state index in [0.717, 1.165) is 29.7 Å². The van der Waals surface area contributed by atoms with Gasteiger partial charge in [0, 0.05) is 4.88 Å². The number of ether oxygens (including phenoxy) is 1. The first-order valence-corrected chi connectivity index (χ1v) is 9.56. The number of aryl methyl sites for hydroxylation is 1. The highest BCUT2D eigenvalue weighted by molar-refractivity contribution is 7.18. The van der Waals surface area contributed by atoms with Crippen molar-refractivity contribution in [3.63, 3.8) is 0 Å². The summed E-state index contributed by atoms with van der Waals surface area (Å²) in [6.07, 6.45) is 4.50. The molecule has 134 valence electrons. The summed E-state index contributed by atoms with van der Waals surface area (Å²) in [5, 5.41) is 0.701. The number of aromatic nitrogens is 2. The maximum Gasteiger partial charge on any atom is 0.262 e. The van der Waals surface area contributed by atoms with Crippen molar-refractivity contribution in [2.75, 3.05) is 7.11 Å². The molecule has 0 fully saturated rings. The lowest BCUT2D eigenvalue weighted by Crippen LogP contribution is -2.25. The van der Waals surface area contributed by atoms with Crippen LogP contribution in [0.4, 0.5) is 0 Å². The van der Waals surface area contributed by atoms with Crippen molar-refractivity contribution in [2.24, 2.45) is 5.92 Å². The molecule has 0 amide bonds. The van der Waals surface area contributed by atoms with Gasteiger partial charge in [0.25, 0.3) is 5.56 Å². The molecule has 0 N–H and O–H groups in total. The van der Waals surface area contributed by atoms with E-state index in [1.54, 1.807) is 29.5 Å². The molecule has 0 aliphatic heterocycles. The topological polar surface area (TPSA) is 61.2 Å². The molecular formula is C20H20N2O3S. The lowest BCUT2D eigenvalue weighted by Gasteiger charge is -2.17. The summed E-state index contributed by atoms with van der Waals surface area (Å²) >= 11 is 1.62. The summed E-state index contributed by atoms with van der Waals surface area (Å²) < 4.78 is 6.67. The van der Waals surface area contributed by atoms with Gasteiger partial charge in [-0.2, -0.15) is 0 Å². The van der Waals surface area contributed by atoms with Crippen molar-refractivity contribution in [3.8, 4) is 5.75 Å². The number of methoxy groups -OCH3 is 1. The van der Waals surface area contributed by atoms with E-state index in [4.69, 9.17) is 4.74 Å². The summed E-state index contributed by atoms with van der Waals surface area (Å²) in [6.45, 7) is 2.20. The zero-order valence-corrected chi connectivity index (χ0v) is 15.6. The third-order valence-electron chi connectivity index (χ3n) is 5.00. The predicted molar refractivity (Wildman–Crippen MR) is 102 cm³/mol. The van der Waals surface area contributed by atoms with Crippen LogP contribution in [-0.2, 0) is 19.4 Å². The standard InChI is InChI=1S/C20H20N2O3S/c1-12-7-8-14-17(9-12)26-19-18(14)20(24)22(11-21-19)10-15(23)13-5-3-4-6-16(13)25-2/h3-6,11-12H,7-10H2,1-2H3. The van der Waals surface area contributed by atoms with Gasteiger partial charge in [-0.15, -0.1) is 11.3 Å². The molecule has 0 radical (unpaired) electrons. The molecule has 2 heterocycles. The lowest BCUT2D eigenvalue weighted by molar-refractivity contribution is 0.0967. The van der Waals surface area contributed by atoms with E-state index >= 15 is 0 Å². The Bertz CT molecular complexity index is 1050. The van der Waals surface area contributed by atoms with Gasteiger partial charge in [-0.1, -0.05) is 19.1 Å². The second kappa shape index (κ2) is 6.68. The fourth-order valence-electron chi connectivity index (χ4n) is 3.59. The highest BCUT2D eigenvalue weighted by atomic mass is 32.1. The number of hydrogen-bond donors (Lipinski definition) is 0. The SMILES string of the molecule is COc1ccccc1C(=O)Cn1cnc2sc3c(c2c1=O)CCC(C)C3. The third kappa shape index (κ3) is 2.84. The Hall–Kier alpha value is -2.47. The number of para-hydroxylation sites is 1. The van der Waals surface area contributed by atoms with Crippen molar-refractivity contribution in [1.29, 1.82) is 0 Å². The van der Waals surface area contributed by atoms with E-state index < -0.39 is 0 Å². The van der Waals surface area contributed by atoms with Crippen LogP contribution in [0.5, 0.6) is 5.75 Å². The van der Waals surface area contributed by atoms with Gasteiger partial charge in [0.1, 0.15) is 10.6 Å². The fraction of sp³-hybridized carbons (Fsp3) is 0.350. The molecule has 3 aromatic rings. The fourth-order valence-corrected chi connectivity index (χ4v) is 4.93. The highest BCUT2D eigenvalue weighted by Gasteiger charge is 2.23. The second-order valence-electron chi connectivity index (χ2n) is 6.83. The molecule has 2 aromatic heterocycles. The highest BCUT2D eigenvalue weighted by Crippen LogP contribution is 2.35. The van der Waals surface area contributed by atoms with E-state index in [-0.39, 0.29) is 17.9 Å². The molecule has 0 spiro atoms. The molecule has 1 unspecified atom stereocenters. The molecule has 0 saturated heterocycles. The molecule has 1 aliphatic carbocycles. The minimum absolute atomic E-state index is 0.0385. The predicted octanol–water partition coefficient (Wildman–Crippen LogP) is 3.47. The van der Waals surface area contributed by atoms with Crippen LogP contribution >= 0.6 is 11.3 Å². The first-order chi connectivity index (χ1) is 12.6. The van der Waals surface area contributed by atoms with Gasteiger partial charge in [-0.05, 0) is 42.9 Å². The summed E-state index contributed by atoms with van der Waals surface area (Å²) in [5.74, 6) is 0.995. The van der Waals surface area contributed by atoms with Gasteiger partial charge >= 0.3 is 0 Å². The van der Waals surface area contributed by atoms with Crippen molar-refractivity contribution in [2.45, 2.75) is 32.7 Å². The van der Waals surface area contributed by atoms with Crippen LogP contribution in [0.25, 0.3) is 10.2 Å². The summed E-state index contributed by atoms with van der Waals surface area (Å²) in [4.78, 5) is 32.2. The number of fused-ring (bicyclic) bond motifs is 3. The van der Waals surface area contributed by atoms with E-state index in [2.05, 4.69) is 11.9 Å². The van der Waals surface area contributed by atoms with Crippen LogP contribution in [0.3, 0.4) is 0 Å².